The minimum atomic E-state index is -0.366. The van der Waals surface area contributed by atoms with Crippen molar-refractivity contribution in [2.75, 3.05) is 13.7 Å². The van der Waals surface area contributed by atoms with E-state index in [1.807, 2.05) is 19.9 Å². The van der Waals surface area contributed by atoms with Gasteiger partial charge in [0.05, 0.1) is 10.5 Å². The lowest BCUT2D eigenvalue weighted by Gasteiger charge is -2.27. The number of nitrogens with one attached hydrogen (secondary N) is 1. The van der Waals surface area contributed by atoms with Gasteiger partial charge in [-0.2, -0.15) is 0 Å². The highest BCUT2D eigenvalue weighted by Crippen LogP contribution is 2.22. The van der Waals surface area contributed by atoms with Gasteiger partial charge in [-0.25, -0.2) is 0 Å². The number of methoxy groups -OCH3 is 1. The summed E-state index contributed by atoms with van der Waals surface area (Å²) in [7, 11) is 1.68. The molecule has 19 heavy (non-hydrogen) atoms. The van der Waals surface area contributed by atoms with Crippen LogP contribution in [0.4, 0.5) is 5.69 Å². The zero-order chi connectivity index (χ0) is 14.5. The molecule has 0 aliphatic heterocycles. The summed E-state index contributed by atoms with van der Waals surface area (Å²) in [5, 5.41) is 14.2. The van der Waals surface area contributed by atoms with E-state index in [9.17, 15) is 10.1 Å². The molecule has 0 saturated heterocycles. The van der Waals surface area contributed by atoms with Crippen LogP contribution in [0.2, 0.25) is 0 Å². The summed E-state index contributed by atoms with van der Waals surface area (Å²) in [6, 6.07) is 6.86. The van der Waals surface area contributed by atoms with Gasteiger partial charge in [-0.15, -0.1) is 0 Å². The largest absolute Gasteiger partial charge is 0.377 e. The molecule has 1 unspecified atom stereocenters. The molecule has 1 atom stereocenters. The number of nitrogens with zero attached hydrogens (tertiary/aromatic N) is 1. The van der Waals surface area contributed by atoms with Crippen LogP contribution in [0.15, 0.2) is 24.3 Å². The van der Waals surface area contributed by atoms with Crippen molar-refractivity contribution in [3.63, 3.8) is 0 Å². The van der Waals surface area contributed by atoms with Gasteiger partial charge in [0.15, 0.2) is 0 Å². The first-order valence-corrected chi connectivity index (χ1v) is 6.42. The SMILES string of the molecule is CCC(NCC(C)(C)OC)c1cccc([N+](=O)[O-])c1. The first kappa shape index (κ1) is 15.6. The highest BCUT2D eigenvalue weighted by atomic mass is 16.6. The second-order valence-corrected chi connectivity index (χ2v) is 5.16. The first-order valence-electron chi connectivity index (χ1n) is 6.42. The van der Waals surface area contributed by atoms with E-state index in [0.717, 1.165) is 12.0 Å². The minimum absolute atomic E-state index is 0.0920. The van der Waals surface area contributed by atoms with Crippen molar-refractivity contribution < 1.29 is 9.66 Å². The molecule has 5 heteroatoms. The van der Waals surface area contributed by atoms with Gasteiger partial charge in [-0.3, -0.25) is 10.1 Å². The lowest BCUT2D eigenvalue weighted by Crippen LogP contribution is -2.38. The van der Waals surface area contributed by atoms with Crippen LogP contribution >= 0.6 is 0 Å². The van der Waals surface area contributed by atoms with E-state index < -0.39 is 0 Å². The summed E-state index contributed by atoms with van der Waals surface area (Å²) in [6.45, 7) is 6.74. The van der Waals surface area contributed by atoms with Crippen LogP contribution in [-0.4, -0.2) is 24.2 Å². The van der Waals surface area contributed by atoms with Gasteiger partial charge >= 0.3 is 0 Å². The van der Waals surface area contributed by atoms with E-state index in [1.54, 1.807) is 19.2 Å². The summed E-state index contributed by atoms with van der Waals surface area (Å²) in [5.41, 5.74) is 0.807. The van der Waals surface area contributed by atoms with E-state index in [0.29, 0.717) is 6.54 Å². The fourth-order valence-corrected chi connectivity index (χ4v) is 1.79. The average Bonchev–Trinajstić information content (AvgIpc) is 2.39. The Morgan fingerprint density at radius 1 is 1.47 bits per heavy atom. The van der Waals surface area contributed by atoms with E-state index in [1.165, 1.54) is 6.07 Å². The number of nitro benzene ring substituents is 1. The molecule has 0 aliphatic carbocycles. The van der Waals surface area contributed by atoms with Crippen molar-refractivity contribution >= 4 is 5.69 Å². The molecule has 0 bridgehead atoms. The van der Waals surface area contributed by atoms with Crippen LogP contribution in [-0.2, 0) is 4.74 Å². The summed E-state index contributed by atoms with van der Waals surface area (Å²) in [5.74, 6) is 0. The third-order valence-electron chi connectivity index (χ3n) is 3.22. The van der Waals surface area contributed by atoms with Gasteiger partial charge in [0.2, 0.25) is 0 Å². The highest BCUT2D eigenvalue weighted by Gasteiger charge is 2.19. The Morgan fingerprint density at radius 2 is 2.16 bits per heavy atom. The maximum Gasteiger partial charge on any atom is 0.269 e. The van der Waals surface area contributed by atoms with Crippen molar-refractivity contribution in [3.05, 3.63) is 39.9 Å². The molecule has 106 valence electrons. The fraction of sp³-hybridized carbons (Fsp3) is 0.571. The molecule has 0 fully saturated rings. The maximum atomic E-state index is 10.8. The molecule has 1 N–H and O–H groups in total. The fourth-order valence-electron chi connectivity index (χ4n) is 1.79. The predicted octanol–water partition coefficient (Wildman–Crippen LogP) is 3.06. The van der Waals surface area contributed by atoms with Gasteiger partial charge in [0.25, 0.3) is 5.69 Å². The third kappa shape index (κ3) is 4.61. The number of hydrogen-bond acceptors (Lipinski definition) is 4. The standard InChI is InChI=1S/C14H22N2O3/c1-5-13(15-10-14(2,3)19-4)11-7-6-8-12(9-11)16(17)18/h6-9,13,15H,5,10H2,1-4H3. The quantitative estimate of drug-likeness (QED) is 0.608. The highest BCUT2D eigenvalue weighted by molar-refractivity contribution is 5.35. The zero-order valence-corrected chi connectivity index (χ0v) is 12.0. The molecule has 0 radical (unpaired) electrons. The predicted molar refractivity (Wildman–Crippen MR) is 75.2 cm³/mol. The van der Waals surface area contributed by atoms with Crippen LogP contribution in [0.5, 0.6) is 0 Å². The topological polar surface area (TPSA) is 64.4 Å². The Morgan fingerprint density at radius 3 is 2.68 bits per heavy atom. The van der Waals surface area contributed by atoms with E-state index in [-0.39, 0.29) is 22.3 Å². The number of non-ortho nitro benzene ring substituents is 1. The molecule has 1 rings (SSSR count). The molecule has 0 spiro atoms. The Labute approximate surface area is 114 Å². The Kier molecular flexibility index (Phi) is 5.44. The van der Waals surface area contributed by atoms with Crippen molar-refractivity contribution in [1.82, 2.24) is 5.32 Å². The zero-order valence-electron chi connectivity index (χ0n) is 12.0. The smallest absolute Gasteiger partial charge is 0.269 e. The Hall–Kier alpha value is -1.46. The second kappa shape index (κ2) is 6.63. The van der Waals surface area contributed by atoms with Crippen LogP contribution in [0.1, 0.15) is 38.8 Å². The summed E-state index contributed by atoms with van der Waals surface area (Å²) >= 11 is 0. The summed E-state index contributed by atoms with van der Waals surface area (Å²) < 4.78 is 5.36. The number of rotatable bonds is 7. The number of ether oxygens (including phenoxy) is 1. The molecular weight excluding hydrogens is 244 g/mol. The lowest BCUT2D eigenvalue weighted by atomic mass is 10.0. The van der Waals surface area contributed by atoms with E-state index in [4.69, 9.17) is 4.74 Å². The first-order chi connectivity index (χ1) is 8.89. The van der Waals surface area contributed by atoms with Crippen LogP contribution in [0, 0.1) is 10.1 Å². The number of benzene rings is 1. The molecule has 0 heterocycles. The molecule has 1 aromatic rings. The van der Waals surface area contributed by atoms with Crippen molar-refractivity contribution in [2.45, 2.75) is 38.8 Å². The summed E-state index contributed by atoms with van der Waals surface area (Å²) in [6.07, 6.45) is 0.862. The van der Waals surface area contributed by atoms with Gasteiger partial charge in [-0.05, 0) is 25.8 Å². The van der Waals surface area contributed by atoms with Crippen molar-refractivity contribution in [1.29, 1.82) is 0 Å². The molecule has 0 aliphatic rings. The molecule has 1 aromatic carbocycles. The molecular formula is C14H22N2O3. The second-order valence-electron chi connectivity index (χ2n) is 5.16. The van der Waals surface area contributed by atoms with Gasteiger partial charge in [0, 0.05) is 31.8 Å². The monoisotopic (exact) mass is 266 g/mol. The Balaban J connectivity index is 2.80. The van der Waals surface area contributed by atoms with E-state index in [2.05, 4.69) is 12.2 Å². The summed E-state index contributed by atoms with van der Waals surface area (Å²) in [4.78, 5) is 10.4. The number of nitro groups is 1. The van der Waals surface area contributed by atoms with Gasteiger partial charge in [-0.1, -0.05) is 19.1 Å². The van der Waals surface area contributed by atoms with Crippen molar-refractivity contribution in [3.8, 4) is 0 Å². The molecule has 0 aromatic heterocycles. The number of hydrogen-bond donors (Lipinski definition) is 1. The molecule has 0 amide bonds. The van der Waals surface area contributed by atoms with Crippen LogP contribution in [0.25, 0.3) is 0 Å². The van der Waals surface area contributed by atoms with Crippen LogP contribution < -0.4 is 5.32 Å². The average molecular weight is 266 g/mol. The molecule has 5 nitrogen and oxygen atoms in total. The molecule has 0 saturated carbocycles. The van der Waals surface area contributed by atoms with Gasteiger partial charge < -0.3 is 10.1 Å². The Bertz CT molecular complexity index is 432. The van der Waals surface area contributed by atoms with Crippen LogP contribution in [0.3, 0.4) is 0 Å². The lowest BCUT2D eigenvalue weighted by molar-refractivity contribution is -0.384. The van der Waals surface area contributed by atoms with E-state index >= 15 is 0 Å². The minimum Gasteiger partial charge on any atom is -0.377 e. The third-order valence-corrected chi connectivity index (χ3v) is 3.22. The maximum absolute atomic E-state index is 10.8. The van der Waals surface area contributed by atoms with Crippen molar-refractivity contribution in [2.24, 2.45) is 0 Å². The van der Waals surface area contributed by atoms with Gasteiger partial charge in [0.1, 0.15) is 0 Å². The normalized spacial score (nSPS) is 13.3.